The monoisotopic (exact) mass is 441 g/mol. The third-order valence-electron chi connectivity index (χ3n) is 6.57. The van der Waals surface area contributed by atoms with Crippen molar-refractivity contribution in [2.24, 2.45) is 7.05 Å². The zero-order chi connectivity index (χ0) is 22.8. The summed E-state index contributed by atoms with van der Waals surface area (Å²) in [6.07, 6.45) is 3.36. The topological polar surface area (TPSA) is 66.1 Å². The van der Waals surface area contributed by atoms with Gasteiger partial charge in [0.2, 0.25) is 0 Å². The molecule has 0 bridgehead atoms. The molecular weight excluding hydrogens is 418 g/mol. The number of fused-ring (bicyclic) bond motifs is 4. The van der Waals surface area contributed by atoms with Gasteiger partial charge in [-0.15, -0.1) is 0 Å². The summed E-state index contributed by atoms with van der Waals surface area (Å²) in [6.45, 7) is 5.95. The van der Waals surface area contributed by atoms with Crippen LogP contribution >= 0.6 is 0 Å². The minimum atomic E-state index is -3.88. The Morgan fingerprint density at radius 1 is 0.969 bits per heavy atom. The maximum atomic E-state index is 13.5. The molecule has 0 spiro atoms. The van der Waals surface area contributed by atoms with Crippen LogP contribution in [-0.2, 0) is 17.1 Å². The van der Waals surface area contributed by atoms with Gasteiger partial charge in [0.1, 0.15) is 0 Å². The molecule has 32 heavy (non-hydrogen) atoms. The first-order valence-corrected chi connectivity index (χ1v) is 11.9. The van der Waals surface area contributed by atoms with Crippen LogP contribution in [0.4, 0.5) is 0 Å². The second-order valence-corrected chi connectivity index (χ2v) is 10.2. The number of sulfonamides is 1. The molecule has 1 aromatic heterocycles. The Hall–Kier alpha value is -3.56. The van der Waals surface area contributed by atoms with E-state index in [-0.39, 0.29) is 4.90 Å². The largest absolute Gasteiger partial charge is 0.343 e. The molecule has 160 valence electrons. The van der Waals surface area contributed by atoms with E-state index in [0.29, 0.717) is 0 Å². The van der Waals surface area contributed by atoms with Crippen LogP contribution in [0, 0.1) is 32.1 Å². The molecule has 6 heteroatoms. The normalized spacial score (nSPS) is 15.8. The summed E-state index contributed by atoms with van der Waals surface area (Å²) in [5.74, 6) is 0. The van der Waals surface area contributed by atoms with Crippen LogP contribution in [0.5, 0.6) is 0 Å². The van der Waals surface area contributed by atoms with Crippen molar-refractivity contribution >= 4 is 37.9 Å². The molecule has 0 amide bonds. The Labute approximate surface area is 187 Å². The van der Waals surface area contributed by atoms with Crippen molar-refractivity contribution in [3.05, 3.63) is 82.5 Å². The molecule has 1 aliphatic rings. The molecule has 1 aliphatic heterocycles. The van der Waals surface area contributed by atoms with E-state index in [9.17, 15) is 13.7 Å². The molecule has 0 N–H and O–H groups in total. The van der Waals surface area contributed by atoms with E-state index in [0.717, 1.165) is 49.6 Å². The van der Waals surface area contributed by atoms with Crippen molar-refractivity contribution in [2.75, 3.05) is 0 Å². The van der Waals surface area contributed by atoms with Crippen LogP contribution < -0.4 is 0 Å². The van der Waals surface area contributed by atoms with E-state index in [1.807, 2.05) is 46.0 Å². The first-order valence-electron chi connectivity index (χ1n) is 10.5. The van der Waals surface area contributed by atoms with Gasteiger partial charge < -0.3 is 4.57 Å². The SMILES string of the molecule is Cc1ccc(S(=O)(=O)N2C=Cc3c(c(C)c4c5ccccc5n(C)c4c3C)C2C#N)cc1. The highest BCUT2D eigenvalue weighted by molar-refractivity contribution is 7.89. The zero-order valence-electron chi connectivity index (χ0n) is 18.4. The fourth-order valence-corrected chi connectivity index (χ4v) is 6.35. The van der Waals surface area contributed by atoms with E-state index < -0.39 is 16.1 Å². The molecule has 1 unspecified atom stereocenters. The highest BCUT2D eigenvalue weighted by Gasteiger charge is 2.36. The summed E-state index contributed by atoms with van der Waals surface area (Å²) in [6, 6.07) is 16.2. The number of nitriles is 1. The number of nitrogens with zero attached hydrogens (tertiary/aromatic N) is 3. The summed E-state index contributed by atoms with van der Waals surface area (Å²) >= 11 is 0. The van der Waals surface area contributed by atoms with Gasteiger partial charge in [-0.05, 0) is 61.7 Å². The van der Waals surface area contributed by atoms with Crippen LogP contribution in [0.1, 0.15) is 33.9 Å². The van der Waals surface area contributed by atoms with E-state index >= 15 is 0 Å². The molecule has 3 aromatic carbocycles. The number of para-hydroxylation sites is 1. The van der Waals surface area contributed by atoms with Gasteiger partial charge in [-0.25, -0.2) is 8.42 Å². The maximum Gasteiger partial charge on any atom is 0.265 e. The number of aryl methyl sites for hydroxylation is 4. The summed E-state index contributed by atoms with van der Waals surface area (Å²) in [7, 11) is -1.84. The smallest absolute Gasteiger partial charge is 0.265 e. The van der Waals surface area contributed by atoms with E-state index in [1.165, 1.54) is 10.5 Å². The third kappa shape index (κ3) is 2.64. The minimum absolute atomic E-state index is 0.178. The Kier molecular flexibility index (Phi) is 4.44. The van der Waals surface area contributed by atoms with Crippen molar-refractivity contribution in [1.82, 2.24) is 8.87 Å². The lowest BCUT2D eigenvalue weighted by Crippen LogP contribution is -2.32. The number of aromatic nitrogens is 1. The Morgan fingerprint density at radius 2 is 1.66 bits per heavy atom. The standard InChI is InChI=1S/C26H23N3O2S/c1-16-9-11-19(12-10-16)32(30,31)29-14-13-20-17(2)26-25(18(3)24(20)23(29)15-27)21-7-5-6-8-22(21)28(26)4/h5-14,23H,1-4H3. The van der Waals surface area contributed by atoms with Crippen molar-refractivity contribution in [1.29, 1.82) is 5.26 Å². The minimum Gasteiger partial charge on any atom is -0.343 e. The van der Waals surface area contributed by atoms with Crippen LogP contribution in [0.2, 0.25) is 0 Å². The zero-order valence-corrected chi connectivity index (χ0v) is 19.2. The molecule has 0 radical (unpaired) electrons. The maximum absolute atomic E-state index is 13.5. The van der Waals surface area contributed by atoms with Gasteiger partial charge in [-0.1, -0.05) is 35.9 Å². The Morgan fingerprint density at radius 3 is 2.34 bits per heavy atom. The first kappa shape index (κ1) is 20.3. The molecule has 0 aliphatic carbocycles. The molecule has 0 fully saturated rings. The van der Waals surface area contributed by atoms with Gasteiger partial charge in [0.25, 0.3) is 10.0 Å². The fourth-order valence-electron chi connectivity index (χ4n) is 4.98. The van der Waals surface area contributed by atoms with Crippen molar-refractivity contribution < 1.29 is 8.42 Å². The lowest BCUT2D eigenvalue weighted by atomic mass is 9.87. The lowest BCUT2D eigenvalue weighted by molar-refractivity contribution is 0.460. The number of hydrogen-bond acceptors (Lipinski definition) is 3. The molecule has 5 rings (SSSR count). The van der Waals surface area contributed by atoms with Crippen LogP contribution in [0.25, 0.3) is 27.9 Å². The quantitative estimate of drug-likeness (QED) is 0.413. The van der Waals surface area contributed by atoms with E-state index in [2.05, 4.69) is 22.8 Å². The summed E-state index contributed by atoms with van der Waals surface area (Å²) in [5.41, 5.74) is 6.86. The fraction of sp³-hybridized carbons (Fsp3) is 0.192. The predicted molar refractivity (Wildman–Crippen MR) is 127 cm³/mol. The predicted octanol–water partition coefficient (Wildman–Crippen LogP) is 5.50. The summed E-state index contributed by atoms with van der Waals surface area (Å²) < 4.78 is 30.3. The number of benzene rings is 3. The van der Waals surface area contributed by atoms with Crippen LogP contribution in [0.3, 0.4) is 0 Å². The van der Waals surface area contributed by atoms with Gasteiger partial charge in [-0.2, -0.15) is 5.26 Å². The third-order valence-corrected chi connectivity index (χ3v) is 8.33. The van der Waals surface area contributed by atoms with Gasteiger partial charge in [-0.3, -0.25) is 4.31 Å². The van der Waals surface area contributed by atoms with Gasteiger partial charge in [0.15, 0.2) is 6.04 Å². The average Bonchev–Trinajstić information content (AvgIpc) is 3.10. The molecule has 2 heterocycles. The van der Waals surface area contributed by atoms with E-state index in [1.54, 1.807) is 24.3 Å². The highest BCUT2D eigenvalue weighted by Crippen LogP contribution is 2.44. The van der Waals surface area contributed by atoms with Gasteiger partial charge in [0.05, 0.1) is 16.5 Å². The van der Waals surface area contributed by atoms with Crippen molar-refractivity contribution in [3.8, 4) is 6.07 Å². The molecule has 0 saturated carbocycles. The van der Waals surface area contributed by atoms with E-state index in [4.69, 9.17) is 0 Å². The molecular formula is C26H23N3O2S. The summed E-state index contributed by atoms with van der Waals surface area (Å²) in [5, 5.41) is 12.3. The number of rotatable bonds is 2. The molecule has 5 nitrogen and oxygen atoms in total. The second kappa shape index (κ2) is 6.98. The average molecular weight is 442 g/mol. The van der Waals surface area contributed by atoms with Crippen molar-refractivity contribution in [3.63, 3.8) is 0 Å². The van der Waals surface area contributed by atoms with Crippen LogP contribution in [-0.4, -0.2) is 17.3 Å². The second-order valence-electron chi connectivity index (χ2n) is 8.37. The molecule has 4 aromatic rings. The lowest BCUT2D eigenvalue weighted by Gasteiger charge is -2.32. The molecule has 0 saturated heterocycles. The van der Waals surface area contributed by atoms with Gasteiger partial charge >= 0.3 is 0 Å². The number of hydrogen-bond donors (Lipinski definition) is 0. The molecule has 1 atom stereocenters. The Balaban J connectivity index is 1.80. The Bertz CT molecular complexity index is 1590. The van der Waals surface area contributed by atoms with Gasteiger partial charge in [0, 0.05) is 35.1 Å². The van der Waals surface area contributed by atoms with Crippen molar-refractivity contribution in [2.45, 2.75) is 31.7 Å². The highest BCUT2D eigenvalue weighted by atomic mass is 32.2. The van der Waals surface area contributed by atoms with Crippen LogP contribution in [0.15, 0.2) is 59.6 Å². The first-order chi connectivity index (χ1) is 15.3. The summed E-state index contributed by atoms with van der Waals surface area (Å²) in [4.78, 5) is 0.178.